The highest BCUT2D eigenvalue weighted by Crippen LogP contribution is 2.40. The number of nitrogens with one attached hydrogen (secondary N) is 1. The average Bonchev–Trinajstić information content (AvgIpc) is 4.13. The maximum atomic E-state index is 6.94. The third-order valence-electron chi connectivity index (χ3n) is 11.7. The lowest BCUT2D eigenvalue weighted by molar-refractivity contribution is 1.06. The molecule has 0 saturated carbocycles. The van der Waals surface area contributed by atoms with Crippen LogP contribution in [0.1, 0.15) is 0 Å². The number of rotatable bonds is 6. The zero-order valence-corrected chi connectivity index (χ0v) is 34.5. The lowest BCUT2D eigenvalue weighted by atomic mass is 10.2. The van der Waals surface area contributed by atoms with Crippen LogP contribution in [0.25, 0.3) is 83.6 Å². The molecule has 0 bridgehead atoms. The standard InChI is InChI=1S/C27H19ClN4.C27H18N4/c28-25-21-15-7-9-17-23(21)31(19-11-3-1-4-12-19)26(25)30-27-29-22-16-8-10-18-24(22)32(27)20-13-5-2-6-14-20;1-3-11-19(12-4-1)29-22-16-8-7-15-21(22)25-26(29)28-27-30(20-13-5-2-6-14-20)23-17-9-10-18-24(23)31(25)27/h1-18H,(H,29,30);1-18H. The van der Waals surface area contributed by atoms with Crippen LogP contribution in [-0.2, 0) is 0 Å². The fourth-order valence-corrected chi connectivity index (χ4v) is 9.28. The number of nitrogens with zero attached hydrogens (tertiary/aromatic N) is 7. The predicted molar refractivity (Wildman–Crippen MR) is 259 cm³/mol. The highest BCUT2D eigenvalue weighted by Gasteiger charge is 2.24. The highest BCUT2D eigenvalue weighted by atomic mass is 35.5. The molecule has 5 aromatic heterocycles. The molecule has 0 amide bonds. The molecule has 0 aliphatic heterocycles. The van der Waals surface area contributed by atoms with Crippen LogP contribution in [0.15, 0.2) is 218 Å². The van der Waals surface area contributed by atoms with Crippen LogP contribution < -0.4 is 5.32 Å². The molecule has 0 unspecified atom stereocenters. The van der Waals surface area contributed by atoms with Crippen molar-refractivity contribution in [3.63, 3.8) is 0 Å². The van der Waals surface area contributed by atoms with Crippen molar-refractivity contribution in [3.05, 3.63) is 223 Å². The normalized spacial score (nSPS) is 11.6. The summed E-state index contributed by atoms with van der Waals surface area (Å²) in [6, 6.07) is 74.8. The Morgan fingerprint density at radius 3 is 1.43 bits per heavy atom. The Kier molecular flexibility index (Phi) is 8.69. The maximum absolute atomic E-state index is 6.94. The molecule has 63 heavy (non-hydrogen) atoms. The molecule has 1 N–H and O–H groups in total. The van der Waals surface area contributed by atoms with Crippen molar-refractivity contribution in [2.24, 2.45) is 0 Å². The first-order valence-corrected chi connectivity index (χ1v) is 21.3. The molecule has 0 spiro atoms. The van der Waals surface area contributed by atoms with Crippen molar-refractivity contribution in [1.82, 2.24) is 32.6 Å². The summed E-state index contributed by atoms with van der Waals surface area (Å²) in [5.41, 5.74) is 12.8. The number of benzene rings is 8. The van der Waals surface area contributed by atoms with E-state index in [0.29, 0.717) is 11.0 Å². The Balaban J connectivity index is 0.000000134. The van der Waals surface area contributed by atoms with Gasteiger partial charge in [-0.15, -0.1) is 0 Å². The van der Waals surface area contributed by atoms with Gasteiger partial charge in [0.15, 0.2) is 5.65 Å². The van der Waals surface area contributed by atoms with Gasteiger partial charge in [0.05, 0.1) is 38.1 Å². The fourth-order valence-electron chi connectivity index (χ4n) is 8.99. The van der Waals surface area contributed by atoms with Crippen LogP contribution in [-0.4, -0.2) is 32.6 Å². The minimum absolute atomic E-state index is 0.663. The molecule has 8 aromatic carbocycles. The van der Waals surface area contributed by atoms with Gasteiger partial charge in [-0.25, -0.2) is 4.98 Å². The largest absolute Gasteiger partial charge is 0.310 e. The van der Waals surface area contributed by atoms with Gasteiger partial charge in [0.1, 0.15) is 11.3 Å². The van der Waals surface area contributed by atoms with E-state index in [9.17, 15) is 0 Å². The van der Waals surface area contributed by atoms with Crippen LogP contribution >= 0.6 is 11.6 Å². The quantitative estimate of drug-likeness (QED) is 0.182. The Hall–Kier alpha value is -8.33. The number of imidazole rings is 3. The van der Waals surface area contributed by atoms with E-state index in [0.717, 1.165) is 84.0 Å². The number of halogens is 1. The van der Waals surface area contributed by atoms with Gasteiger partial charge in [-0.05, 0) is 84.9 Å². The Morgan fingerprint density at radius 1 is 0.365 bits per heavy atom. The molecular formula is C54H37ClN8. The first-order chi connectivity index (χ1) is 31.2. The predicted octanol–water partition coefficient (Wildman–Crippen LogP) is 13.7. The lowest BCUT2D eigenvalue weighted by Crippen LogP contribution is -2.06. The molecule has 0 atom stereocenters. The van der Waals surface area contributed by atoms with Gasteiger partial charge >= 0.3 is 0 Å². The summed E-state index contributed by atoms with van der Waals surface area (Å²) in [5, 5.41) is 6.42. The number of hydrogen-bond donors (Lipinski definition) is 1. The van der Waals surface area contributed by atoms with Crippen LogP contribution in [0.4, 0.5) is 11.8 Å². The lowest BCUT2D eigenvalue weighted by Gasteiger charge is -2.14. The van der Waals surface area contributed by atoms with E-state index in [1.807, 2.05) is 84.9 Å². The van der Waals surface area contributed by atoms with E-state index in [1.54, 1.807) is 0 Å². The number of anilines is 2. The van der Waals surface area contributed by atoms with Gasteiger partial charge in [-0.3, -0.25) is 22.7 Å². The highest BCUT2D eigenvalue weighted by molar-refractivity contribution is 6.38. The first-order valence-electron chi connectivity index (χ1n) is 20.9. The smallest absolute Gasteiger partial charge is 0.222 e. The fraction of sp³-hybridized carbons (Fsp3) is 0. The Bertz CT molecular complexity index is 3640. The molecule has 13 rings (SSSR count). The molecule has 0 aliphatic carbocycles. The monoisotopic (exact) mass is 832 g/mol. The van der Waals surface area contributed by atoms with Crippen LogP contribution in [0, 0.1) is 0 Å². The summed E-state index contributed by atoms with van der Waals surface area (Å²) < 4.78 is 11.1. The minimum Gasteiger partial charge on any atom is -0.310 e. The van der Waals surface area contributed by atoms with Crippen molar-refractivity contribution in [1.29, 1.82) is 0 Å². The van der Waals surface area contributed by atoms with Crippen molar-refractivity contribution in [2.45, 2.75) is 0 Å². The summed E-state index contributed by atoms with van der Waals surface area (Å²) in [5.74, 6) is 2.42. The Labute approximate surface area is 366 Å². The van der Waals surface area contributed by atoms with Crippen LogP contribution in [0.3, 0.4) is 0 Å². The summed E-state index contributed by atoms with van der Waals surface area (Å²) in [7, 11) is 0. The summed E-state index contributed by atoms with van der Waals surface area (Å²) in [4.78, 5) is 10.1. The van der Waals surface area contributed by atoms with Crippen LogP contribution in [0.5, 0.6) is 0 Å². The molecule has 9 heteroatoms. The van der Waals surface area contributed by atoms with E-state index >= 15 is 0 Å². The van der Waals surface area contributed by atoms with Gasteiger partial charge in [-0.1, -0.05) is 145 Å². The summed E-state index contributed by atoms with van der Waals surface area (Å²) in [6.45, 7) is 0. The van der Waals surface area contributed by atoms with E-state index in [1.165, 1.54) is 5.39 Å². The van der Waals surface area contributed by atoms with Gasteiger partial charge < -0.3 is 5.32 Å². The molecule has 8 nitrogen and oxygen atoms in total. The SMILES string of the molecule is Clc1c(Nc2nc3ccccc3n2-c2ccccc2)n(-c2ccccc2)c2ccccc12.c1ccc(-n2c3ccccc3c3c2nc2n(-c4ccccc4)c4ccccc4n32)cc1. The van der Waals surface area contributed by atoms with Crippen molar-refractivity contribution in [3.8, 4) is 22.7 Å². The molecular weight excluding hydrogens is 796 g/mol. The Morgan fingerprint density at radius 2 is 0.810 bits per heavy atom. The molecule has 0 radical (unpaired) electrons. The van der Waals surface area contributed by atoms with Gasteiger partial charge in [0.2, 0.25) is 11.7 Å². The number of fused-ring (bicyclic) bond motifs is 9. The zero-order chi connectivity index (χ0) is 41.9. The maximum Gasteiger partial charge on any atom is 0.222 e. The molecule has 13 aromatic rings. The van der Waals surface area contributed by atoms with Gasteiger partial charge in [0, 0.05) is 33.5 Å². The number of aromatic nitrogens is 7. The summed E-state index contributed by atoms with van der Waals surface area (Å²) >= 11 is 6.94. The second-order valence-electron chi connectivity index (χ2n) is 15.3. The van der Waals surface area contributed by atoms with Gasteiger partial charge in [0.25, 0.3) is 0 Å². The number of hydrogen-bond acceptors (Lipinski definition) is 3. The third kappa shape index (κ3) is 5.91. The molecule has 0 fully saturated rings. The van der Waals surface area contributed by atoms with E-state index < -0.39 is 0 Å². The average molecular weight is 833 g/mol. The minimum atomic E-state index is 0.663. The summed E-state index contributed by atoms with van der Waals surface area (Å²) in [6.07, 6.45) is 0. The topological polar surface area (TPSA) is 61.9 Å². The van der Waals surface area contributed by atoms with E-state index in [4.69, 9.17) is 21.6 Å². The molecule has 5 heterocycles. The second kappa shape index (κ2) is 15.0. The third-order valence-corrected chi connectivity index (χ3v) is 12.1. The van der Waals surface area contributed by atoms with Crippen molar-refractivity contribution in [2.75, 3.05) is 5.32 Å². The van der Waals surface area contributed by atoms with Gasteiger partial charge in [-0.2, -0.15) is 4.98 Å². The van der Waals surface area contributed by atoms with E-state index in [2.05, 4.69) is 161 Å². The van der Waals surface area contributed by atoms with Crippen molar-refractivity contribution < 1.29 is 0 Å². The van der Waals surface area contributed by atoms with Crippen LogP contribution in [0.2, 0.25) is 5.02 Å². The second-order valence-corrected chi connectivity index (χ2v) is 15.7. The number of para-hydroxylation sites is 10. The zero-order valence-electron chi connectivity index (χ0n) is 33.8. The van der Waals surface area contributed by atoms with E-state index in [-0.39, 0.29) is 0 Å². The first kappa shape index (κ1) is 36.5. The van der Waals surface area contributed by atoms with Crippen molar-refractivity contribution >= 4 is 84.2 Å². The molecule has 300 valence electrons. The molecule has 0 aliphatic rings. The molecule has 0 saturated heterocycles.